The third-order valence-electron chi connectivity index (χ3n) is 0.870. The predicted octanol–water partition coefficient (Wildman–Crippen LogP) is 1.61. The summed E-state index contributed by atoms with van der Waals surface area (Å²) < 4.78 is 4.81. The molecule has 0 amide bonds. The van der Waals surface area contributed by atoms with Gasteiger partial charge in [-0.3, -0.25) is 4.79 Å². The van der Waals surface area contributed by atoms with E-state index in [2.05, 4.69) is 6.92 Å². The summed E-state index contributed by atoms with van der Waals surface area (Å²) in [7, 11) is 0. The van der Waals surface area contributed by atoms with Crippen molar-refractivity contribution in [3.63, 3.8) is 0 Å². The van der Waals surface area contributed by atoms with Crippen molar-refractivity contribution in [1.29, 1.82) is 0 Å². The van der Waals surface area contributed by atoms with Crippen molar-refractivity contribution < 1.29 is 9.53 Å². The molecule has 0 aliphatic heterocycles. The number of ether oxygens (including phenoxy) is 1. The van der Waals surface area contributed by atoms with Crippen LogP contribution in [0.4, 0.5) is 0 Å². The van der Waals surface area contributed by atoms with Gasteiger partial charge in [0.15, 0.2) is 0 Å². The van der Waals surface area contributed by atoms with E-state index < -0.39 is 0 Å². The smallest absolute Gasteiger partial charge is 0.309 e. The van der Waals surface area contributed by atoms with E-state index in [4.69, 9.17) is 4.74 Å². The molecule has 0 spiro atoms. The Labute approximate surface area is 62.6 Å². The molecule has 0 N–H and O–H groups in total. The van der Waals surface area contributed by atoms with Crippen LogP contribution in [0.25, 0.3) is 0 Å². The van der Waals surface area contributed by atoms with Gasteiger partial charge in [0.05, 0.1) is 13.0 Å². The Hall–Kier alpha value is -0.530. The van der Waals surface area contributed by atoms with E-state index in [-0.39, 0.29) is 5.97 Å². The van der Waals surface area contributed by atoms with Gasteiger partial charge < -0.3 is 4.74 Å². The molecule has 0 unspecified atom stereocenters. The zero-order valence-corrected chi connectivity index (χ0v) is 6.59. The monoisotopic (exact) mass is 142 g/mol. The second-order valence-electron chi connectivity index (χ2n) is 2.52. The van der Waals surface area contributed by atoms with Gasteiger partial charge in [0.2, 0.25) is 0 Å². The quantitative estimate of drug-likeness (QED) is 0.557. The molecule has 2 nitrogen and oxygen atoms in total. The van der Waals surface area contributed by atoms with Gasteiger partial charge in [-0.15, -0.1) is 0 Å². The first kappa shape index (κ1) is 9.47. The maximum absolute atomic E-state index is 10.6. The van der Waals surface area contributed by atoms with Crippen LogP contribution in [0.2, 0.25) is 0 Å². The lowest BCUT2D eigenvalue weighted by Crippen LogP contribution is -2.09. The summed E-state index contributed by atoms with van der Waals surface area (Å²) in [6.07, 6.45) is 1.93. The number of carbonyl (C=O) groups is 1. The molecule has 2 heteroatoms. The van der Waals surface area contributed by atoms with Gasteiger partial charge in [-0.25, -0.2) is 0 Å². The second-order valence-corrected chi connectivity index (χ2v) is 2.52. The van der Waals surface area contributed by atoms with Crippen LogP contribution in [0, 0.1) is 19.3 Å². The highest BCUT2D eigenvalue weighted by Crippen LogP contribution is 1.95. The number of carbonyl (C=O) groups excluding carboxylic acids is 1. The van der Waals surface area contributed by atoms with E-state index in [1.54, 1.807) is 0 Å². The lowest BCUT2D eigenvalue weighted by Gasteiger charge is -2.04. The van der Waals surface area contributed by atoms with Crippen molar-refractivity contribution >= 4 is 5.97 Å². The van der Waals surface area contributed by atoms with Crippen molar-refractivity contribution in [3.05, 3.63) is 13.3 Å². The van der Waals surface area contributed by atoms with E-state index in [0.717, 1.165) is 0 Å². The Balaban J connectivity index is 3.22. The summed E-state index contributed by atoms with van der Waals surface area (Å²) >= 11 is 0. The maximum Gasteiger partial charge on any atom is 0.309 e. The normalized spacial score (nSPS) is 10.0. The van der Waals surface area contributed by atoms with Crippen molar-refractivity contribution in [2.45, 2.75) is 20.3 Å². The van der Waals surface area contributed by atoms with Crippen molar-refractivity contribution in [1.82, 2.24) is 0 Å². The van der Waals surface area contributed by atoms with E-state index >= 15 is 0 Å². The van der Waals surface area contributed by atoms with Gasteiger partial charge in [0, 0.05) is 0 Å². The minimum Gasteiger partial charge on any atom is -0.465 e. The maximum atomic E-state index is 10.6. The van der Waals surface area contributed by atoms with Crippen LogP contribution in [0.3, 0.4) is 0 Å². The molecule has 0 aromatic carbocycles. The third-order valence-corrected chi connectivity index (χ3v) is 0.870. The van der Waals surface area contributed by atoms with Gasteiger partial charge in [-0.05, 0) is 12.3 Å². The van der Waals surface area contributed by atoms with E-state index in [1.165, 1.54) is 6.42 Å². The summed E-state index contributed by atoms with van der Waals surface area (Å²) in [5, 5.41) is 0. The minimum atomic E-state index is -0.260. The fraction of sp³-hybridized carbons (Fsp3) is 0.625. The summed E-state index contributed by atoms with van der Waals surface area (Å²) in [5.74, 6) is 0.144. The molecular formula is C8H14O2. The van der Waals surface area contributed by atoms with Gasteiger partial charge in [0.1, 0.15) is 0 Å². The van der Waals surface area contributed by atoms with Gasteiger partial charge in [-0.2, -0.15) is 0 Å². The average molecular weight is 142 g/mol. The average Bonchev–Trinajstić information content (AvgIpc) is 1.85. The third kappa shape index (κ3) is 5.60. The van der Waals surface area contributed by atoms with Crippen LogP contribution in [0.1, 0.15) is 20.3 Å². The minimum absolute atomic E-state index is 0.260. The molecule has 0 fully saturated rings. The van der Waals surface area contributed by atoms with Crippen LogP contribution in [0.15, 0.2) is 0 Å². The Bertz CT molecular complexity index is 97.4. The second kappa shape index (κ2) is 5.27. The van der Waals surface area contributed by atoms with Crippen molar-refractivity contribution in [2.24, 2.45) is 5.92 Å². The number of hydrogen-bond acceptors (Lipinski definition) is 2. The Kier molecular flexibility index (Phi) is 4.99. The molecular weight excluding hydrogens is 128 g/mol. The van der Waals surface area contributed by atoms with E-state index in [9.17, 15) is 4.79 Å². The zero-order chi connectivity index (χ0) is 7.98. The number of esters is 1. The highest BCUT2D eigenvalue weighted by molar-refractivity contribution is 5.78. The molecule has 0 bridgehead atoms. The molecule has 0 aliphatic carbocycles. The van der Waals surface area contributed by atoms with E-state index in [0.29, 0.717) is 18.9 Å². The van der Waals surface area contributed by atoms with E-state index in [1.807, 2.05) is 13.8 Å². The largest absolute Gasteiger partial charge is 0.465 e. The van der Waals surface area contributed by atoms with Crippen LogP contribution >= 0.6 is 0 Å². The fourth-order valence-electron chi connectivity index (χ4n) is 0.426. The molecule has 2 radical (unpaired) electrons. The highest BCUT2D eigenvalue weighted by atomic mass is 16.5. The molecule has 0 saturated carbocycles. The SMILES string of the molecule is [CH2]C[CH]C(=O)OCC(C)C. The molecule has 0 heterocycles. The first-order chi connectivity index (χ1) is 4.66. The molecule has 10 heavy (non-hydrogen) atoms. The standard InChI is InChI=1S/C8H14O2/c1-4-5-8(9)10-6-7(2)3/h5,7H,1,4,6H2,2-3H3. The van der Waals surface area contributed by atoms with Crippen LogP contribution in [0.5, 0.6) is 0 Å². The number of hydrogen-bond donors (Lipinski definition) is 0. The summed E-state index contributed by atoms with van der Waals surface area (Å²) in [6.45, 7) is 7.99. The van der Waals surface area contributed by atoms with Crippen LogP contribution in [-0.4, -0.2) is 12.6 Å². The van der Waals surface area contributed by atoms with Gasteiger partial charge in [-0.1, -0.05) is 20.8 Å². The van der Waals surface area contributed by atoms with Crippen molar-refractivity contribution in [2.75, 3.05) is 6.61 Å². The molecule has 0 aliphatic rings. The Morgan fingerprint density at radius 3 is 2.70 bits per heavy atom. The van der Waals surface area contributed by atoms with Gasteiger partial charge >= 0.3 is 5.97 Å². The summed E-state index contributed by atoms with van der Waals surface area (Å²) in [4.78, 5) is 10.6. The molecule has 0 saturated heterocycles. The molecule has 58 valence electrons. The summed E-state index contributed by atoms with van der Waals surface area (Å²) in [6, 6.07) is 0. The first-order valence-corrected chi connectivity index (χ1v) is 3.46. The highest BCUT2D eigenvalue weighted by Gasteiger charge is 2.01. The van der Waals surface area contributed by atoms with Crippen LogP contribution < -0.4 is 0 Å². The molecule has 0 aromatic rings. The summed E-state index contributed by atoms with van der Waals surface area (Å²) in [5.41, 5.74) is 0. The van der Waals surface area contributed by atoms with Crippen LogP contribution in [-0.2, 0) is 9.53 Å². The Morgan fingerprint density at radius 1 is 1.70 bits per heavy atom. The molecule has 0 atom stereocenters. The van der Waals surface area contributed by atoms with Gasteiger partial charge in [0.25, 0.3) is 0 Å². The lowest BCUT2D eigenvalue weighted by atomic mass is 10.2. The van der Waals surface area contributed by atoms with Crippen molar-refractivity contribution in [3.8, 4) is 0 Å². The Morgan fingerprint density at radius 2 is 2.30 bits per heavy atom. The lowest BCUT2D eigenvalue weighted by molar-refractivity contribution is -0.140. The molecule has 0 aromatic heterocycles. The zero-order valence-electron chi connectivity index (χ0n) is 6.59. The molecule has 0 rings (SSSR count). The fourth-order valence-corrected chi connectivity index (χ4v) is 0.426. The topological polar surface area (TPSA) is 26.3 Å². The first-order valence-electron chi connectivity index (χ1n) is 3.46. The number of rotatable bonds is 4. The predicted molar refractivity (Wildman–Crippen MR) is 40.1 cm³/mol.